The maximum Gasteiger partial charge on any atom is 0.323 e. The number of sulfone groups is 1. The van der Waals surface area contributed by atoms with E-state index in [1.807, 2.05) is 0 Å². The van der Waals surface area contributed by atoms with E-state index in [-0.39, 0.29) is 10.6 Å². The van der Waals surface area contributed by atoms with Crippen molar-refractivity contribution in [3.63, 3.8) is 0 Å². The first kappa shape index (κ1) is 21.7. The van der Waals surface area contributed by atoms with E-state index in [1.54, 1.807) is 67.6 Å². The number of carbonyl (C=O) groups is 1. The lowest BCUT2D eigenvalue weighted by Crippen LogP contribution is -2.19. The number of anilines is 2. The monoisotopic (exact) mass is 444 g/mol. The first-order chi connectivity index (χ1) is 14.3. The van der Waals surface area contributed by atoms with Gasteiger partial charge in [-0.15, -0.1) is 0 Å². The second-order valence-corrected chi connectivity index (χ2v) is 9.07. The van der Waals surface area contributed by atoms with Crippen LogP contribution in [0.5, 0.6) is 5.75 Å². The molecule has 156 valence electrons. The Morgan fingerprint density at radius 1 is 0.967 bits per heavy atom. The van der Waals surface area contributed by atoms with Crippen LogP contribution in [-0.2, 0) is 15.6 Å². The molecule has 3 rings (SSSR count). The van der Waals surface area contributed by atoms with Gasteiger partial charge in [-0.25, -0.2) is 13.2 Å². The third-order valence-electron chi connectivity index (χ3n) is 4.38. The van der Waals surface area contributed by atoms with Crippen LogP contribution in [0.2, 0.25) is 5.02 Å². The summed E-state index contributed by atoms with van der Waals surface area (Å²) in [5.74, 6) is 0.448. The average Bonchev–Trinajstić information content (AvgIpc) is 2.71. The molecular weight excluding hydrogens is 424 g/mol. The summed E-state index contributed by atoms with van der Waals surface area (Å²) < 4.78 is 31.0. The Labute approximate surface area is 180 Å². The first-order valence-corrected chi connectivity index (χ1v) is 11.1. The van der Waals surface area contributed by atoms with Gasteiger partial charge < -0.3 is 15.4 Å². The summed E-state index contributed by atoms with van der Waals surface area (Å²) in [5.41, 5.74) is 2.15. The van der Waals surface area contributed by atoms with E-state index in [9.17, 15) is 13.2 Å². The van der Waals surface area contributed by atoms with E-state index in [0.29, 0.717) is 33.3 Å². The molecular formula is C22H21ClN2O4S. The van der Waals surface area contributed by atoms with Gasteiger partial charge in [-0.05, 0) is 54.4 Å². The molecule has 0 aliphatic rings. The van der Waals surface area contributed by atoms with Crippen molar-refractivity contribution in [2.75, 3.05) is 17.7 Å². The zero-order chi connectivity index (χ0) is 21.7. The van der Waals surface area contributed by atoms with Gasteiger partial charge in [-0.2, -0.15) is 0 Å². The number of hydrogen-bond donors (Lipinski definition) is 2. The van der Waals surface area contributed by atoms with Crippen molar-refractivity contribution in [1.82, 2.24) is 0 Å². The summed E-state index contributed by atoms with van der Waals surface area (Å²) in [4.78, 5) is 12.5. The fourth-order valence-corrected chi connectivity index (χ4v) is 4.66. The number of halogens is 1. The van der Waals surface area contributed by atoms with E-state index >= 15 is 0 Å². The van der Waals surface area contributed by atoms with Crippen molar-refractivity contribution in [3.05, 3.63) is 82.9 Å². The molecule has 0 bridgehead atoms. The van der Waals surface area contributed by atoms with Crippen LogP contribution in [0.4, 0.5) is 16.2 Å². The van der Waals surface area contributed by atoms with Crippen LogP contribution in [0.25, 0.3) is 0 Å². The minimum absolute atomic E-state index is 0.162. The number of ether oxygens (including phenoxy) is 1. The molecule has 8 heteroatoms. The molecule has 6 nitrogen and oxygen atoms in total. The molecule has 0 fully saturated rings. The lowest BCUT2D eigenvalue weighted by atomic mass is 10.2. The molecule has 30 heavy (non-hydrogen) atoms. The van der Waals surface area contributed by atoms with Crippen LogP contribution in [0.3, 0.4) is 0 Å². The number of benzene rings is 3. The summed E-state index contributed by atoms with van der Waals surface area (Å²) in [7, 11) is -2.08. The van der Waals surface area contributed by atoms with Crippen molar-refractivity contribution >= 4 is 38.8 Å². The molecule has 0 saturated heterocycles. The Morgan fingerprint density at radius 3 is 2.30 bits per heavy atom. The fourth-order valence-electron chi connectivity index (χ4n) is 2.88. The van der Waals surface area contributed by atoms with Crippen LogP contribution in [0.15, 0.2) is 71.6 Å². The molecule has 0 spiro atoms. The molecule has 0 aliphatic carbocycles. The number of amides is 2. The lowest BCUT2D eigenvalue weighted by Gasteiger charge is -2.12. The average molecular weight is 445 g/mol. The van der Waals surface area contributed by atoms with E-state index in [1.165, 1.54) is 13.2 Å². The predicted octanol–water partition coefficient (Wildman–Crippen LogP) is 5.27. The van der Waals surface area contributed by atoms with Crippen molar-refractivity contribution < 1.29 is 17.9 Å². The zero-order valence-electron chi connectivity index (χ0n) is 16.5. The number of methoxy groups -OCH3 is 1. The van der Waals surface area contributed by atoms with Gasteiger partial charge in [0.1, 0.15) is 5.75 Å². The molecule has 3 aromatic carbocycles. The Bertz CT molecular complexity index is 1160. The molecule has 0 aliphatic heterocycles. The standard InChI is InChI=1S/C22H21ClN2O4S/c1-15-6-11-19(25-22(26)24-18-4-3-5-20(12-18)29-2)13-21(15)30(27,28)14-16-7-9-17(23)10-8-16/h3-13H,14H2,1-2H3,(H2,24,25,26). The minimum atomic E-state index is -3.61. The number of nitrogens with one attached hydrogen (secondary N) is 2. The maximum atomic E-state index is 12.9. The van der Waals surface area contributed by atoms with Gasteiger partial charge in [0, 0.05) is 22.5 Å². The summed E-state index contributed by atoms with van der Waals surface area (Å²) in [6, 6.07) is 17.9. The Morgan fingerprint density at radius 2 is 1.63 bits per heavy atom. The topological polar surface area (TPSA) is 84.5 Å². The number of urea groups is 1. The van der Waals surface area contributed by atoms with Crippen LogP contribution in [0, 0.1) is 6.92 Å². The highest BCUT2D eigenvalue weighted by atomic mass is 35.5. The molecule has 0 saturated carbocycles. The third-order valence-corrected chi connectivity index (χ3v) is 6.45. The summed E-state index contributed by atoms with van der Waals surface area (Å²) in [6.45, 7) is 1.72. The zero-order valence-corrected chi connectivity index (χ0v) is 18.0. The minimum Gasteiger partial charge on any atom is -0.497 e. The van der Waals surface area contributed by atoms with E-state index < -0.39 is 15.9 Å². The second kappa shape index (κ2) is 9.19. The highest BCUT2D eigenvalue weighted by molar-refractivity contribution is 7.90. The quantitative estimate of drug-likeness (QED) is 0.542. The Kier molecular flexibility index (Phi) is 6.64. The van der Waals surface area contributed by atoms with Crippen LogP contribution < -0.4 is 15.4 Å². The van der Waals surface area contributed by atoms with E-state index in [4.69, 9.17) is 16.3 Å². The van der Waals surface area contributed by atoms with Gasteiger partial charge in [0.2, 0.25) is 0 Å². The molecule has 0 radical (unpaired) electrons. The Hall–Kier alpha value is -3.03. The molecule has 2 amide bonds. The first-order valence-electron chi connectivity index (χ1n) is 9.07. The SMILES string of the molecule is COc1cccc(NC(=O)Nc2ccc(C)c(S(=O)(=O)Cc3ccc(Cl)cc3)c2)c1. The molecule has 0 unspecified atom stereocenters. The number of carbonyl (C=O) groups excluding carboxylic acids is 1. The van der Waals surface area contributed by atoms with E-state index in [2.05, 4.69) is 10.6 Å². The number of rotatable bonds is 6. The van der Waals surface area contributed by atoms with Crippen LogP contribution >= 0.6 is 11.6 Å². The third kappa shape index (κ3) is 5.52. The largest absolute Gasteiger partial charge is 0.497 e. The number of hydrogen-bond acceptors (Lipinski definition) is 4. The van der Waals surface area contributed by atoms with Crippen LogP contribution in [-0.4, -0.2) is 21.6 Å². The maximum absolute atomic E-state index is 12.9. The molecule has 0 aromatic heterocycles. The highest BCUT2D eigenvalue weighted by Gasteiger charge is 2.19. The normalized spacial score (nSPS) is 11.0. The van der Waals surface area contributed by atoms with Crippen molar-refractivity contribution in [3.8, 4) is 5.75 Å². The van der Waals surface area contributed by atoms with Gasteiger partial charge in [0.25, 0.3) is 0 Å². The number of aryl methyl sites for hydroxylation is 1. The fraction of sp³-hybridized carbons (Fsp3) is 0.136. The molecule has 2 N–H and O–H groups in total. The molecule has 0 atom stereocenters. The van der Waals surface area contributed by atoms with Gasteiger partial charge >= 0.3 is 6.03 Å². The highest BCUT2D eigenvalue weighted by Crippen LogP contribution is 2.25. The van der Waals surface area contributed by atoms with Crippen molar-refractivity contribution in [2.24, 2.45) is 0 Å². The molecule has 0 heterocycles. The van der Waals surface area contributed by atoms with Gasteiger partial charge in [-0.1, -0.05) is 35.9 Å². The Balaban J connectivity index is 1.76. The van der Waals surface area contributed by atoms with Crippen molar-refractivity contribution in [2.45, 2.75) is 17.6 Å². The predicted molar refractivity (Wildman–Crippen MR) is 119 cm³/mol. The van der Waals surface area contributed by atoms with Gasteiger partial charge in [0.15, 0.2) is 9.84 Å². The van der Waals surface area contributed by atoms with Gasteiger partial charge in [0.05, 0.1) is 17.8 Å². The van der Waals surface area contributed by atoms with Crippen molar-refractivity contribution in [1.29, 1.82) is 0 Å². The molecule has 3 aromatic rings. The summed E-state index contributed by atoms with van der Waals surface area (Å²) >= 11 is 5.87. The summed E-state index contributed by atoms with van der Waals surface area (Å²) in [6.07, 6.45) is 0. The van der Waals surface area contributed by atoms with E-state index in [0.717, 1.165) is 0 Å². The second-order valence-electron chi connectivity index (χ2n) is 6.68. The van der Waals surface area contributed by atoms with Gasteiger partial charge in [-0.3, -0.25) is 0 Å². The summed E-state index contributed by atoms with van der Waals surface area (Å²) in [5, 5.41) is 5.90. The van der Waals surface area contributed by atoms with Crippen LogP contribution in [0.1, 0.15) is 11.1 Å². The lowest BCUT2D eigenvalue weighted by molar-refractivity contribution is 0.262. The smallest absolute Gasteiger partial charge is 0.323 e.